The topological polar surface area (TPSA) is 17.8 Å². The lowest BCUT2D eigenvalue weighted by Crippen LogP contribution is -1.87. The van der Waals surface area contributed by atoms with Crippen LogP contribution in [0.25, 0.3) is 27.7 Å². The lowest BCUT2D eigenvalue weighted by Gasteiger charge is -2.01. The minimum Gasteiger partial charge on any atom is -0.306 e. The van der Waals surface area contributed by atoms with Crippen molar-refractivity contribution in [2.45, 2.75) is 0 Å². The lowest BCUT2D eigenvalue weighted by atomic mass is 10.1. The average Bonchev–Trinajstić information content (AvgIpc) is 3.05. The number of imidazole rings is 1. The lowest BCUT2D eigenvalue weighted by molar-refractivity contribution is 1.06. The van der Waals surface area contributed by atoms with Crippen molar-refractivity contribution in [2.75, 3.05) is 0 Å². The fourth-order valence-corrected chi connectivity index (χ4v) is 2.56. The molecule has 0 amide bonds. The minimum absolute atomic E-state index is 0.990. The van der Waals surface area contributed by atoms with Gasteiger partial charge in [0, 0.05) is 17.4 Å². The van der Waals surface area contributed by atoms with Crippen LogP contribution in [-0.4, -0.2) is 9.55 Å². The zero-order valence-electron chi connectivity index (χ0n) is 11.5. The van der Waals surface area contributed by atoms with Crippen molar-refractivity contribution in [3.63, 3.8) is 0 Å². The van der Waals surface area contributed by atoms with Crippen molar-refractivity contribution in [3.05, 3.63) is 85.3 Å². The van der Waals surface area contributed by atoms with E-state index in [9.17, 15) is 0 Å². The van der Waals surface area contributed by atoms with E-state index in [4.69, 9.17) is 0 Å². The van der Waals surface area contributed by atoms with Crippen LogP contribution in [0.15, 0.2) is 85.3 Å². The quantitative estimate of drug-likeness (QED) is 0.516. The van der Waals surface area contributed by atoms with Gasteiger partial charge in [-0.1, -0.05) is 54.6 Å². The molecule has 0 saturated heterocycles. The maximum Gasteiger partial charge on any atom is 0.0999 e. The molecule has 4 aromatic rings. The molecule has 0 bridgehead atoms. The number of nitrogens with zero attached hydrogens (tertiary/aromatic N) is 2. The van der Waals surface area contributed by atoms with E-state index in [0.29, 0.717) is 0 Å². The van der Waals surface area contributed by atoms with E-state index in [1.54, 1.807) is 0 Å². The number of rotatable bonds is 2. The number of hydrogen-bond acceptors (Lipinski definition) is 1. The molecule has 0 aliphatic heterocycles. The number of para-hydroxylation sites is 1. The Hall–Kier alpha value is -2.87. The van der Waals surface area contributed by atoms with Gasteiger partial charge in [-0.2, -0.15) is 0 Å². The molecule has 21 heavy (non-hydrogen) atoms. The number of hydrogen-bond donors (Lipinski definition) is 0. The zero-order valence-corrected chi connectivity index (χ0v) is 11.5. The molecule has 0 spiro atoms. The summed E-state index contributed by atoms with van der Waals surface area (Å²) < 4.78 is 2.05. The molecule has 0 atom stereocenters. The highest BCUT2D eigenvalue weighted by Crippen LogP contribution is 2.23. The van der Waals surface area contributed by atoms with E-state index in [-0.39, 0.29) is 0 Å². The van der Waals surface area contributed by atoms with Crippen LogP contribution in [0, 0.1) is 0 Å². The van der Waals surface area contributed by atoms with Crippen molar-refractivity contribution >= 4 is 10.8 Å². The van der Waals surface area contributed by atoms with Gasteiger partial charge in [-0.3, -0.25) is 0 Å². The number of fused-ring (bicyclic) bond motifs is 1. The monoisotopic (exact) mass is 270 g/mol. The summed E-state index contributed by atoms with van der Waals surface area (Å²) in [6, 6.07) is 25.1. The van der Waals surface area contributed by atoms with Crippen LogP contribution in [0.1, 0.15) is 0 Å². The third-order valence-electron chi connectivity index (χ3n) is 3.68. The van der Waals surface area contributed by atoms with Gasteiger partial charge in [0.2, 0.25) is 0 Å². The second-order valence-corrected chi connectivity index (χ2v) is 5.06. The summed E-state index contributed by atoms with van der Waals surface area (Å²) in [6.07, 6.45) is 3.93. The number of benzene rings is 3. The van der Waals surface area contributed by atoms with Crippen molar-refractivity contribution < 1.29 is 0 Å². The Balaban J connectivity index is 1.77. The summed E-state index contributed by atoms with van der Waals surface area (Å²) in [5.74, 6) is 0. The molecule has 0 fully saturated rings. The molecule has 2 heteroatoms. The summed E-state index contributed by atoms with van der Waals surface area (Å²) in [4.78, 5) is 4.53. The first-order valence-electron chi connectivity index (χ1n) is 6.99. The van der Waals surface area contributed by atoms with Crippen molar-refractivity contribution in [1.29, 1.82) is 0 Å². The van der Waals surface area contributed by atoms with E-state index in [0.717, 1.165) is 16.9 Å². The van der Waals surface area contributed by atoms with Gasteiger partial charge in [0.05, 0.1) is 12.0 Å². The van der Waals surface area contributed by atoms with Gasteiger partial charge in [-0.15, -0.1) is 0 Å². The van der Waals surface area contributed by atoms with Gasteiger partial charge in [-0.25, -0.2) is 4.98 Å². The highest BCUT2D eigenvalue weighted by Gasteiger charge is 2.04. The molecular weight excluding hydrogens is 256 g/mol. The first-order chi connectivity index (χ1) is 10.4. The minimum atomic E-state index is 0.990. The Morgan fingerprint density at radius 1 is 0.714 bits per heavy atom. The molecule has 4 rings (SSSR count). The third-order valence-corrected chi connectivity index (χ3v) is 3.68. The molecule has 3 aromatic carbocycles. The van der Waals surface area contributed by atoms with Gasteiger partial charge >= 0.3 is 0 Å². The fourth-order valence-electron chi connectivity index (χ4n) is 2.56. The van der Waals surface area contributed by atoms with Crippen LogP contribution in [0.3, 0.4) is 0 Å². The third kappa shape index (κ3) is 2.21. The summed E-state index contributed by atoms with van der Waals surface area (Å²) in [7, 11) is 0. The Kier molecular flexibility index (Phi) is 2.79. The van der Waals surface area contributed by atoms with Crippen LogP contribution < -0.4 is 0 Å². The molecule has 2 nitrogen and oxygen atoms in total. The molecule has 100 valence electrons. The van der Waals surface area contributed by atoms with Gasteiger partial charge in [-0.05, 0) is 29.0 Å². The second-order valence-electron chi connectivity index (χ2n) is 5.06. The highest BCUT2D eigenvalue weighted by atomic mass is 15.0. The smallest absolute Gasteiger partial charge is 0.0999 e. The second kappa shape index (κ2) is 4.91. The normalized spacial score (nSPS) is 10.9. The molecule has 0 N–H and O–H groups in total. The van der Waals surface area contributed by atoms with E-state index < -0.39 is 0 Å². The molecule has 0 radical (unpaired) electrons. The largest absolute Gasteiger partial charge is 0.306 e. The van der Waals surface area contributed by atoms with Crippen LogP contribution in [-0.2, 0) is 0 Å². The Morgan fingerprint density at radius 3 is 2.33 bits per heavy atom. The molecule has 0 aliphatic carbocycles. The predicted molar refractivity (Wildman–Crippen MR) is 86.5 cm³/mol. The van der Waals surface area contributed by atoms with Gasteiger partial charge in [0.25, 0.3) is 0 Å². The highest BCUT2D eigenvalue weighted by molar-refractivity contribution is 5.86. The van der Waals surface area contributed by atoms with Crippen molar-refractivity contribution in [3.8, 4) is 16.9 Å². The summed E-state index contributed by atoms with van der Waals surface area (Å²) in [5, 5.41) is 2.49. The molecule has 0 unspecified atom stereocenters. The van der Waals surface area contributed by atoms with Crippen LogP contribution >= 0.6 is 0 Å². The summed E-state index contributed by atoms with van der Waals surface area (Å²) >= 11 is 0. The van der Waals surface area contributed by atoms with E-state index >= 15 is 0 Å². The SMILES string of the molecule is c1ccc(-n2cnc(-c3ccc4ccccc4c3)c2)cc1. The maximum atomic E-state index is 4.53. The molecular formula is C19H14N2. The maximum absolute atomic E-state index is 4.53. The first-order valence-corrected chi connectivity index (χ1v) is 6.99. The van der Waals surface area contributed by atoms with Gasteiger partial charge in [0.1, 0.15) is 0 Å². The zero-order chi connectivity index (χ0) is 14.1. The van der Waals surface area contributed by atoms with E-state index in [1.165, 1.54) is 10.8 Å². The van der Waals surface area contributed by atoms with Crippen molar-refractivity contribution in [2.24, 2.45) is 0 Å². The Labute approximate surface area is 123 Å². The average molecular weight is 270 g/mol. The van der Waals surface area contributed by atoms with E-state index in [1.807, 2.05) is 29.1 Å². The molecule has 1 heterocycles. The van der Waals surface area contributed by atoms with Crippen molar-refractivity contribution in [1.82, 2.24) is 9.55 Å². The van der Waals surface area contributed by atoms with Crippen LogP contribution in [0.2, 0.25) is 0 Å². The Bertz CT molecular complexity index is 892. The standard InChI is InChI=1S/C19H14N2/c1-2-8-18(9-3-1)21-13-19(20-14-21)17-11-10-15-6-4-5-7-16(15)12-17/h1-14H. The van der Waals surface area contributed by atoms with Crippen LogP contribution in [0.4, 0.5) is 0 Å². The number of aromatic nitrogens is 2. The summed E-state index contributed by atoms with van der Waals surface area (Å²) in [6.45, 7) is 0. The fraction of sp³-hybridized carbons (Fsp3) is 0. The van der Waals surface area contributed by atoms with Gasteiger partial charge < -0.3 is 4.57 Å². The van der Waals surface area contributed by atoms with E-state index in [2.05, 4.69) is 65.8 Å². The molecule has 1 aromatic heterocycles. The predicted octanol–water partition coefficient (Wildman–Crippen LogP) is 4.69. The Morgan fingerprint density at radius 2 is 1.48 bits per heavy atom. The first kappa shape index (κ1) is 11.9. The molecule has 0 saturated carbocycles. The van der Waals surface area contributed by atoms with Crippen LogP contribution in [0.5, 0.6) is 0 Å². The summed E-state index contributed by atoms with van der Waals surface area (Å²) in [5.41, 5.74) is 3.25. The van der Waals surface area contributed by atoms with Gasteiger partial charge in [0.15, 0.2) is 0 Å². The molecule has 0 aliphatic rings.